The third-order valence-corrected chi connectivity index (χ3v) is 3.37. The Morgan fingerprint density at radius 2 is 2.06 bits per heavy atom. The second-order valence-corrected chi connectivity index (χ2v) is 4.78. The molecule has 96 valence electrons. The van der Waals surface area contributed by atoms with E-state index in [9.17, 15) is 9.59 Å². The number of aryl methyl sites for hydroxylation is 1. The lowest BCUT2D eigenvalue weighted by atomic mass is 10.1. The molecule has 0 aromatic heterocycles. The quantitative estimate of drug-likeness (QED) is 0.853. The Bertz CT molecular complexity index is 471. The van der Waals surface area contributed by atoms with Crippen LogP contribution < -0.4 is 5.32 Å². The van der Waals surface area contributed by atoms with Gasteiger partial charge in [-0.15, -0.1) is 0 Å². The van der Waals surface area contributed by atoms with Crippen molar-refractivity contribution in [2.45, 2.75) is 32.9 Å². The monoisotopic (exact) mass is 246 g/mol. The number of amides is 2. The Morgan fingerprint density at radius 1 is 1.33 bits per heavy atom. The van der Waals surface area contributed by atoms with E-state index < -0.39 is 0 Å². The first-order valence-electron chi connectivity index (χ1n) is 6.18. The van der Waals surface area contributed by atoms with Crippen molar-refractivity contribution in [1.82, 2.24) is 10.2 Å². The lowest BCUT2D eigenvalue weighted by Gasteiger charge is -2.27. The highest BCUT2D eigenvalue weighted by Crippen LogP contribution is 2.15. The van der Waals surface area contributed by atoms with Crippen LogP contribution in [0.2, 0.25) is 0 Å². The molecule has 2 amide bonds. The molecule has 0 aliphatic carbocycles. The first kappa shape index (κ1) is 12.6. The maximum Gasteiger partial charge on any atom is 0.242 e. The SMILES string of the molecule is Cc1ccccc1CN1C(=O)CNC(=O)CC1C. The number of nitrogens with one attached hydrogen (secondary N) is 1. The highest BCUT2D eigenvalue weighted by molar-refractivity contribution is 5.87. The van der Waals surface area contributed by atoms with E-state index in [4.69, 9.17) is 0 Å². The van der Waals surface area contributed by atoms with Crippen LogP contribution in [0.15, 0.2) is 24.3 Å². The van der Waals surface area contributed by atoms with Crippen molar-refractivity contribution in [1.29, 1.82) is 0 Å². The molecule has 4 heteroatoms. The van der Waals surface area contributed by atoms with E-state index in [0.717, 1.165) is 5.56 Å². The number of benzene rings is 1. The summed E-state index contributed by atoms with van der Waals surface area (Å²) in [4.78, 5) is 25.2. The van der Waals surface area contributed by atoms with Crippen LogP contribution in [0.5, 0.6) is 0 Å². The summed E-state index contributed by atoms with van der Waals surface area (Å²) in [5.74, 6) is -0.0697. The Balaban J connectivity index is 2.18. The van der Waals surface area contributed by atoms with E-state index in [1.165, 1.54) is 5.56 Å². The molecule has 0 saturated carbocycles. The smallest absolute Gasteiger partial charge is 0.242 e. The van der Waals surface area contributed by atoms with Crippen LogP contribution in [-0.2, 0) is 16.1 Å². The summed E-state index contributed by atoms with van der Waals surface area (Å²) < 4.78 is 0. The minimum Gasteiger partial charge on any atom is -0.347 e. The van der Waals surface area contributed by atoms with Gasteiger partial charge < -0.3 is 10.2 Å². The Kier molecular flexibility index (Phi) is 3.65. The molecule has 1 aliphatic rings. The standard InChI is InChI=1S/C14H18N2O2/c1-10-5-3-4-6-12(10)9-16-11(2)7-13(17)15-8-14(16)18/h3-6,11H,7-9H2,1-2H3,(H,15,17). The van der Waals surface area contributed by atoms with Gasteiger partial charge in [0.2, 0.25) is 11.8 Å². The van der Waals surface area contributed by atoms with Gasteiger partial charge in [-0.2, -0.15) is 0 Å². The second kappa shape index (κ2) is 5.21. The number of carbonyl (C=O) groups is 2. The van der Waals surface area contributed by atoms with Crippen molar-refractivity contribution in [3.05, 3.63) is 35.4 Å². The van der Waals surface area contributed by atoms with Crippen LogP contribution in [0.25, 0.3) is 0 Å². The maximum atomic E-state index is 12.0. The molecule has 1 aromatic rings. The highest BCUT2D eigenvalue weighted by Gasteiger charge is 2.26. The Morgan fingerprint density at radius 3 is 2.78 bits per heavy atom. The van der Waals surface area contributed by atoms with Crippen molar-refractivity contribution < 1.29 is 9.59 Å². The minimum absolute atomic E-state index is 0.0170. The number of nitrogens with zero attached hydrogens (tertiary/aromatic N) is 1. The first-order chi connectivity index (χ1) is 8.58. The van der Waals surface area contributed by atoms with Crippen LogP contribution in [0.3, 0.4) is 0 Å². The van der Waals surface area contributed by atoms with Crippen LogP contribution in [0.1, 0.15) is 24.5 Å². The summed E-state index contributed by atoms with van der Waals surface area (Å²) in [6.45, 7) is 4.63. The fourth-order valence-electron chi connectivity index (χ4n) is 2.19. The molecule has 1 fully saturated rings. The highest BCUT2D eigenvalue weighted by atomic mass is 16.2. The molecule has 0 radical (unpaired) electrons. The van der Waals surface area contributed by atoms with Crippen molar-refractivity contribution in [3.63, 3.8) is 0 Å². The van der Waals surface area contributed by atoms with Crippen LogP contribution in [-0.4, -0.2) is 29.3 Å². The molecule has 1 atom stereocenters. The van der Waals surface area contributed by atoms with Crippen LogP contribution >= 0.6 is 0 Å². The topological polar surface area (TPSA) is 49.4 Å². The number of hydrogen-bond donors (Lipinski definition) is 1. The van der Waals surface area contributed by atoms with E-state index in [2.05, 4.69) is 5.32 Å². The van der Waals surface area contributed by atoms with Crippen molar-refractivity contribution in [2.75, 3.05) is 6.54 Å². The fourth-order valence-corrected chi connectivity index (χ4v) is 2.19. The molecule has 1 aliphatic heterocycles. The van der Waals surface area contributed by atoms with E-state index >= 15 is 0 Å². The minimum atomic E-state index is -0.0559. The second-order valence-electron chi connectivity index (χ2n) is 4.78. The zero-order valence-corrected chi connectivity index (χ0v) is 10.8. The van der Waals surface area contributed by atoms with Gasteiger partial charge in [-0.05, 0) is 25.0 Å². The van der Waals surface area contributed by atoms with Gasteiger partial charge in [-0.25, -0.2) is 0 Å². The molecule has 4 nitrogen and oxygen atoms in total. The average Bonchev–Trinajstić information content (AvgIpc) is 2.45. The predicted octanol–water partition coefficient (Wildman–Crippen LogP) is 1.23. The molecular weight excluding hydrogens is 228 g/mol. The van der Waals surface area contributed by atoms with Crippen molar-refractivity contribution in [2.24, 2.45) is 0 Å². The average molecular weight is 246 g/mol. The third-order valence-electron chi connectivity index (χ3n) is 3.37. The summed E-state index contributed by atoms with van der Waals surface area (Å²) in [6.07, 6.45) is 0.373. The van der Waals surface area contributed by atoms with Crippen LogP contribution in [0, 0.1) is 6.92 Å². The molecule has 0 bridgehead atoms. The van der Waals surface area contributed by atoms with E-state index in [-0.39, 0.29) is 24.4 Å². The zero-order chi connectivity index (χ0) is 13.1. The molecule has 1 aromatic carbocycles. The van der Waals surface area contributed by atoms with Gasteiger partial charge in [0.05, 0.1) is 6.54 Å². The van der Waals surface area contributed by atoms with Gasteiger partial charge in [-0.3, -0.25) is 9.59 Å². The molecule has 1 unspecified atom stereocenters. The van der Waals surface area contributed by atoms with E-state index in [1.807, 2.05) is 38.1 Å². The Labute approximate surface area is 107 Å². The van der Waals surface area contributed by atoms with Crippen molar-refractivity contribution in [3.8, 4) is 0 Å². The zero-order valence-electron chi connectivity index (χ0n) is 10.8. The Hall–Kier alpha value is -1.84. The molecule has 2 rings (SSSR count). The van der Waals surface area contributed by atoms with Gasteiger partial charge in [0.15, 0.2) is 0 Å². The van der Waals surface area contributed by atoms with E-state index in [0.29, 0.717) is 13.0 Å². The van der Waals surface area contributed by atoms with Gasteiger partial charge >= 0.3 is 0 Å². The normalized spacial score (nSPS) is 20.6. The maximum absolute atomic E-state index is 12.0. The van der Waals surface area contributed by atoms with Gasteiger partial charge in [0.1, 0.15) is 0 Å². The van der Waals surface area contributed by atoms with Crippen molar-refractivity contribution >= 4 is 11.8 Å². The number of hydrogen-bond acceptors (Lipinski definition) is 2. The largest absolute Gasteiger partial charge is 0.347 e. The fraction of sp³-hybridized carbons (Fsp3) is 0.429. The predicted molar refractivity (Wildman–Crippen MR) is 68.8 cm³/mol. The summed E-state index contributed by atoms with van der Waals surface area (Å²) in [6, 6.07) is 7.96. The first-order valence-corrected chi connectivity index (χ1v) is 6.18. The van der Waals surface area contributed by atoms with Gasteiger partial charge in [0, 0.05) is 19.0 Å². The molecule has 1 heterocycles. The molecule has 0 spiro atoms. The lowest BCUT2D eigenvalue weighted by molar-refractivity contribution is -0.132. The molecule has 1 saturated heterocycles. The summed E-state index contributed by atoms with van der Waals surface area (Å²) in [7, 11) is 0. The van der Waals surface area contributed by atoms with Gasteiger partial charge in [-0.1, -0.05) is 24.3 Å². The van der Waals surface area contributed by atoms with Gasteiger partial charge in [0.25, 0.3) is 0 Å². The third kappa shape index (κ3) is 2.70. The molecular formula is C14H18N2O2. The summed E-state index contributed by atoms with van der Waals surface area (Å²) in [5.41, 5.74) is 2.30. The van der Waals surface area contributed by atoms with E-state index in [1.54, 1.807) is 4.90 Å². The van der Waals surface area contributed by atoms with Crippen LogP contribution in [0.4, 0.5) is 0 Å². The number of rotatable bonds is 2. The molecule has 18 heavy (non-hydrogen) atoms. The number of carbonyl (C=O) groups excluding carboxylic acids is 2. The summed E-state index contributed by atoms with van der Waals surface area (Å²) in [5, 5.41) is 2.62. The molecule has 1 N–H and O–H groups in total. The lowest BCUT2D eigenvalue weighted by Crippen LogP contribution is -2.39. The summed E-state index contributed by atoms with van der Waals surface area (Å²) >= 11 is 0.